The highest BCUT2D eigenvalue weighted by molar-refractivity contribution is 5.95. The Kier molecular flexibility index (Phi) is 3.79. The van der Waals surface area contributed by atoms with Crippen molar-refractivity contribution in [2.24, 2.45) is 0 Å². The topological polar surface area (TPSA) is 72.9 Å². The molecule has 0 fully saturated rings. The molecule has 3 N–H and O–H groups in total. The third kappa shape index (κ3) is 3.31. The Morgan fingerprint density at radius 1 is 1.58 bits per heavy atom. The lowest BCUT2D eigenvalue weighted by molar-refractivity contribution is 0.0932. The van der Waals surface area contributed by atoms with E-state index in [1.54, 1.807) is 23.1 Å². The van der Waals surface area contributed by atoms with E-state index in [0.29, 0.717) is 12.2 Å². The molecule has 1 amide bonds. The largest absolute Gasteiger partial charge is 0.399 e. The van der Waals surface area contributed by atoms with Gasteiger partial charge in [0.25, 0.3) is 5.91 Å². The van der Waals surface area contributed by atoms with Crippen molar-refractivity contribution in [2.45, 2.75) is 19.5 Å². The number of aromatic nitrogens is 2. The fourth-order valence-corrected chi connectivity index (χ4v) is 1.75. The van der Waals surface area contributed by atoms with Gasteiger partial charge in [-0.05, 0) is 31.2 Å². The summed E-state index contributed by atoms with van der Waals surface area (Å²) >= 11 is 0. The Hall–Kier alpha value is -2.37. The molecule has 2 rings (SSSR count). The minimum absolute atomic E-state index is 0.0488. The first-order valence-electron chi connectivity index (χ1n) is 5.89. The number of carbonyl (C=O) groups excluding carboxylic acids is 1. The highest BCUT2D eigenvalue weighted by Gasteiger charge is 2.14. The molecule has 0 aliphatic carbocycles. The molecule has 1 unspecified atom stereocenters. The fraction of sp³-hybridized carbons (Fsp3) is 0.231. The molecular formula is C13H15FN4O. The molecule has 1 aromatic carbocycles. The zero-order valence-electron chi connectivity index (χ0n) is 10.5. The zero-order chi connectivity index (χ0) is 13.8. The van der Waals surface area contributed by atoms with Crippen LogP contribution in [0.15, 0.2) is 36.7 Å². The predicted molar refractivity (Wildman–Crippen MR) is 70.0 cm³/mol. The van der Waals surface area contributed by atoms with Gasteiger partial charge in [-0.2, -0.15) is 5.10 Å². The Bertz CT molecular complexity index is 568. The standard InChI is InChI=1S/C13H15FN4O/c1-9(8-18-6-2-5-16-18)17-13(19)11-7-10(15)3-4-12(11)14/h2-7,9H,8,15H2,1H3,(H,17,19). The van der Waals surface area contributed by atoms with Crippen LogP contribution in [0.2, 0.25) is 0 Å². The average Bonchev–Trinajstić information content (AvgIpc) is 2.84. The van der Waals surface area contributed by atoms with Gasteiger partial charge in [-0.25, -0.2) is 4.39 Å². The van der Waals surface area contributed by atoms with Crippen LogP contribution in [0.4, 0.5) is 10.1 Å². The normalized spacial score (nSPS) is 12.1. The summed E-state index contributed by atoms with van der Waals surface area (Å²) in [5.41, 5.74) is 5.85. The smallest absolute Gasteiger partial charge is 0.254 e. The van der Waals surface area contributed by atoms with Crippen LogP contribution < -0.4 is 11.1 Å². The number of benzene rings is 1. The van der Waals surface area contributed by atoms with Crippen molar-refractivity contribution in [1.29, 1.82) is 0 Å². The van der Waals surface area contributed by atoms with E-state index in [-0.39, 0.29) is 11.6 Å². The molecule has 1 aromatic heterocycles. The van der Waals surface area contributed by atoms with Gasteiger partial charge >= 0.3 is 0 Å². The van der Waals surface area contributed by atoms with E-state index in [4.69, 9.17) is 5.73 Å². The van der Waals surface area contributed by atoms with Crippen molar-refractivity contribution in [3.8, 4) is 0 Å². The first-order chi connectivity index (χ1) is 9.06. The first-order valence-corrected chi connectivity index (χ1v) is 5.89. The molecule has 5 nitrogen and oxygen atoms in total. The average molecular weight is 262 g/mol. The molecule has 1 atom stereocenters. The SMILES string of the molecule is CC(Cn1cccn1)NC(=O)c1cc(N)ccc1F. The Labute approximate surface area is 110 Å². The van der Waals surface area contributed by atoms with Crippen LogP contribution in [0.1, 0.15) is 17.3 Å². The number of nitrogens with one attached hydrogen (secondary N) is 1. The summed E-state index contributed by atoms with van der Waals surface area (Å²) in [6.07, 6.45) is 3.45. The van der Waals surface area contributed by atoms with E-state index in [2.05, 4.69) is 10.4 Å². The summed E-state index contributed by atoms with van der Waals surface area (Å²) in [4.78, 5) is 11.9. The summed E-state index contributed by atoms with van der Waals surface area (Å²) in [6.45, 7) is 2.34. The molecule has 0 aliphatic rings. The molecule has 19 heavy (non-hydrogen) atoms. The van der Waals surface area contributed by atoms with Crippen LogP contribution in [-0.4, -0.2) is 21.7 Å². The van der Waals surface area contributed by atoms with E-state index < -0.39 is 11.7 Å². The van der Waals surface area contributed by atoms with Gasteiger partial charge in [0.2, 0.25) is 0 Å². The molecule has 0 bridgehead atoms. The van der Waals surface area contributed by atoms with Gasteiger partial charge in [0.05, 0.1) is 12.1 Å². The van der Waals surface area contributed by atoms with E-state index in [1.807, 2.05) is 6.92 Å². The summed E-state index contributed by atoms with van der Waals surface area (Å²) in [5, 5.41) is 6.75. The maximum absolute atomic E-state index is 13.5. The highest BCUT2D eigenvalue weighted by atomic mass is 19.1. The second-order valence-corrected chi connectivity index (χ2v) is 4.34. The predicted octanol–water partition coefficient (Wildman–Crippen LogP) is 1.42. The summed E-state index contributed by atoms with van der Waals surface area (Å²) < 4.78 is 15.2. The monoisotopic (exact) mass is 262 g/mol. The Morgan fingerprint density at radius 3 is 3.05 bits per heavy atom. The second-order valence-electron chi connectivity index (χ2n) is 4.34. The molecule has 0 radical (unpaired) electrons. The van der Waals surface area contributed by atoms with Crippen molar-refractivity contribution in [3.63, 3.8) is 0 Å². The maximum Gasteiger partial charge on any atom is 0.254 e. The molecule has 1 heterocycles. The lowest BCUT2D eigenvalue weighted by Gasteiger charge is -2.14. The minimum Gasteiger partial charge on any atom is -0.399 e. The Balaban J connectivity index is 2.02. The molecule has 0 aliphatic heterocycles. The van der Waals surface area contributed by atoms with Gasteiger partial charge in [0.15, 0.2) is 0 Å². The number of nitrogens with two attached hydrogens (primary N) is 1. The van der Waals surface area contributed by atoms with Crippen molar-refractivity contribution in [2.75, 3.05) is 5.73 Å². The summed E-state index contributed by atoms with van der Waals surface area (Å²) in [6, 6.07) is 5.55. The molecule has 0 saturated carbocycles. The van der Waals surface area contributed by atoms with Gasteiger partial charge in [0.1, 0.15) is 5.82 Å². The quantitative estimate of drug-likeness (QED) is 0.818. The molecule has 6 heteroatoms. The summed E-state index contributed by atoms with van der Waals surface area (Å²) in [5.74, 6) is -1.07. The van der Waals surface area contributed by atoms with Crippen LogP contribution in [0.3, 0.4) is 0 Å². The fourth-order valence-electron chi connectivity index (χ4n) is 1.75. The van der Waals surface area contributed by atoms with E-state index >= 15 is 0 Å². The number of halogens is 1. The van der Waals surface area contributed by atoms with Crippen LogP contribution in [0, 0.1) is 5.82 Å². The lowest BCUT2D eigenvalue weighted by atomic mass is 10.1. The Morgan fingerprint density at radius 2 is 2.37 bits per heavy atom. The number of hydrogen-bond donors (Lipinski definition) is 2. The zero-order valence-corrected chi connectivity index (χ0v) is 10.5. The van der Waals surface area contributed by atoms with Crippen molar-refractivity contribution < 1.29 is 9.18 Å². The summed E-state index contributed by atoms with van der Waals surface area (Å²) in [7, 11) is 0. The van der Waals surface area contributed by atoms with Gasteiger partial charge < -0.3 is 11.1 Å². The number of anilines is 1. The van der Waals surface area contributed by atoms with E-state index in [1.165, 1.54) is 18.2 Å². The second kappa shape index (κ2) is 5.51. The van der Waals surface area contributed by atoms with E-state index in [9.17, 15) is 9.18 Å². The molecule has 2 aromatic rings. The van der Waals surface area contributed by atoms with Crippen LogP contribution >= 0.6 is 0 Å². The van der Waals surface area contributed by atoms with Gasteiger partial charge in [-0.3, -0.25) is 9.48 Å². The van der Waals surface area contributed by atoms with Crippen molar-refractivity contribution in [1.82, 2.24) is 15.1 Å². The van der Waals surface area contributed by atoms with Crippen LogP contribution in [0.5, 0.6) is 0 Å². The molecule has 100 valence electrons. The number of hydrogen-bond acceptors (Lipinski definition) is 3. The number of nitrogens with zero attached hydrogens (tertiary/aromatic N) is 2. The van der Waals surface area contributed by atoms with Gasteiger partial charge in [-0.15, -0.1) is 0 Å². The van der Waals surface area contributed by atoms with Gasteiger partial charge in [-0.1, -0.05) is 0 Å². The number of nitrogen functional groups attached to an aromatic ring is 1. The highest BCUT2D eigenvalue weighted by Crippen LogP contribution is 2.12. The first kappa shape index (κ1) is 13.1. The third-order valence-corrected chi connectivity index (χ3v) is 2.63. The molecular weight excluding hydrogens is 247 g/mol. The van der Waals surface area contributed by atoms with Crippen LogP contribution in [-0.2, 0) is 6.54 Å². The lowest BCUT2D eigenvalue weighted by Crippen LogP contribution is -2.36. The number of carbonyl (C=O) groups is 1. The van der Waals surface area contributed by atoms with Crippen molar-refractivity contribution >= 4 is 11.6 Å². The maximum atomic E-state index is 13.5. The van der Waals surface area contributed by atoms with Crippen LogP contribution in [0.25, 0.3) is 0 Å². The molecule has 0 saturated heterocycles. The number of amides is 1. The number of rotatable bonds is 4. The van der Waals surface area contributed by atoms with Gasteiger partial charge in [0, 0.05) is 24.1 Å². The third-order valence-electron chi connectivity index (χ3n) is 2.63. The minimum atomic E-state index is -0.585. The van der Waals surface area contributed by atoms with Crippen molar-refractivity contribution in [3.05, 3.63) is 48.0 Å². The van der Waals surface area contributed by atoms with E-state index in [0.717, 1.165) is 0 Å². The molecule has 0 spiro atoms.